The number of fused-ring (bicyclic) bond motifs is 1. The highest BCUT2D eigenvalue weighted by Crippen LogP contribution is 2.43. The number of hydrogen-bond donors (Lipinski definition) is 2. The van der Waals surface area contributed by atoms with Crippen LogP contribution in [0.15, 0.2) is 47.5 Å². The molecule has 0 amide bonds. The number of hydrazine groups is 1. The van der Waals surface area contributed by atoms with Crippen LogP contribution in [0, 0.1) is 0 Å². The number of aliphatic imine (C=N–C) groups is 1. The van der Waals surface area contributed by atoms with Crippen molar-refractivity contribution in [3.8, 4) is 0 Å². The first-order valence-corrected chi connectivity index (χ1v) is 7.08. The minimum atomic E-state index is -1.62. The molecule has 3 rings (SSSR count). The molecule has 21 heavy (non-hydrogen) atoms. The summed E-state index contributed by atoms with van der Waals surface area (Å²) in [7, 11) is 0. The lowest BCUT2D eigenvalue weighted by Crippen LogP contribution is -2.55. The van der Waals surface area contributed by atoms with E-state index >= 15 is 0 Å². The molecule has 0 radical (unpaired) electrons. The summed E-state index contributed by atoms with van der Waals surface area (Å²) in [4.78, 5) is 4.37. The van der Waals surface area contributed by atoms with E-state index in [-0.39, 0.29) is 0 Å². The molecular formula is C15H13Cl2N3O. The summed E-state index contributed by atoms with van der Waals surface area (Å²) in [5.74, 6) is 6.55. The molecule has 1 heterocycles. The Kier molecular flexibility index (Phi) is 3.42. The van der Waals surface area contributed by atoms with Gasteiger partial charge in [0.2, 0.25) is 5.72 Å². The molecule has 0 fully saturated rings. The van der Waals surface area contributed by atoms with E-state index in [1.54, 1.807) is 49.4 Å². The van der Waals surface area contributed by atoms with E-state index < -0.39 is 5.72 Å². The summed E-state index contributed by atoms with van der Waals surface area (Å²) in [5, 5.41) is 13.4. The Morgan fingerprint density at radius 2 is 1.86 bits per heavy atom. The molecule has 0 aliphatic carbocycles. The van der Waals surface area contributed by atoms with Crippen LogP contribution in [0.1, 0.15) is 18.1 Å². The topological polar surface area (TPSA) is 61.9 Å². The van der Waals surface area contributed by atoms with E-state index in [9.17, 15) is 5.11 Å². The third-order valence-electron chi connectivity index (χ3n) is 3.56. The van der Waals surface area contributed by atoms with Crippen molar-refractivity contribution in [2.45, 2.75) is 12.6 Å². The van der Waals surface area contributed by atoms with Crippen LogP contribution >= 0.6 is 23.2 Å². The SMILES string of the molecule is CC1=Nc2ccc(Cl)cc2C(O)(c2ccccc2Cl)N1N. The molecule has 1 aliphatic heterocycles. The summed E-state index contributed by atoms with van der Waals surface area (Å²) in [6, 6.07) is 12.1. The molecule has 4 nitrogen and oxygen atoms in total. The maximum absolute atomic E-state index is 11.3. The van der Waals surface area contributed by atoms with Gasteiger partial charge in [0, 0.05) is 21.2 Å². The molecule has 2 aromatic carbocycles. The second kappa shape index (κ2) is 5.00. The fourth-order valence-electron chi connectivity index (χ4n) is 2.50. The van der Waals surface area contributed by atoms with Crippen molar-refractivity contribution >= 4 is 34.7 Å². The fraction of sp³-hybridized carbons (Fsp3) is 0.133. The number of nitrogens with zero attached hydrogens (tertiary/aromatic N) is 2. The van der Waals surface area contributed by atoms with E-state index in [0.717, 1.165) is 0 Å². The van der Waals surface area contributed by atoms with Crippen molar-refractivity contribution in [2.24, 2.45) is 10.8 Å². The van der Waals surface area contributed by atoms with Gasteiger partial charge in [0.25, 0.3) is 0 Å². The predicted octanol–water partition coefficient (Wildman–Crippen LogP) is 3.43. The Morgan fingerprint density at radius 1 is 1.14 bits per heavy atom. The molecule has 0 bridgehead atoms. The van der Waals surface area contributed by atoms with Gasteiger partial charge in [0.1, 0.15) is 5.84 Å². The highest BCUT2D eigenvalue weighted by Gasteiger charge is 2.43. The number of halogens is 2. The van der Waals surface area contributed by atoms with E-state index in [1.165, 1.54) is 5.01 Å². The minimum absolute atomic E-state index is 0.413. The molecule has 6 heteroatoms. The Hall–Kier alpha value is -1.59. The van der Waals surface area contributed by atoms with Gasteiger partial charge >= 0.3 is 0 Å². The van der Waals surface area contributed by atoms with Gasteiger partial charge in [-0.05, 0) is 31.2 Å². The number of nitrogens with two attached hydrogens (primary N) is 1. The van der Waals surface area contributed by atoms with Gasteiger partial charge in [-0.3, -0.25) is 5.01 Å². The molecule has 1 atom stereocenters. The van der Waals surface area contributed by atoms with E-state index in [0.29, 0.717) is 32.7 Å². The average Bonchev–Trinajstić information content (AvgIpc) is 2.46. The lowest BCUT2D eigenvalue weighted by atomic mass is 9.91. The molecule has 0 aromatic heterocycles. The van der Waals surface area contributed by atoms with Crippen molar-refractivity contribution in [3.63, 3.8) is 0 Å². The van der Waals surface area contributed by atoms with Gasteiger partial charge < -0.3 is 5.11 Å². The van der Waals surface area contributed by atoms with Gasteiger partial charge in [0.15, 0.2) is 0 Å². The smallest absolute Gasteiger partial charge is 0.209 e. The Morgan fingerprint density at radius 3 is 2.57 bits per heavy atom. The van der Waals surface area contributed by atoms with Crippen LogP contribution in [-0.4, -0.2) is 16.0 Å². The van der Waals surface area contributed by atoms with E-state index in [1.807, 2.05) is 0 Å². The molecule has 2 aromatic rings. The Labute approximate surface area is 132 Å². The molecule has 0 saturated heterocycles. The average molecular weight is 322 g/mol. The normalized spacial score (nSPS) is 21.0. The first-order chi connectivity index (χ1) is 9.94. The minimum Gasteiger partial charge on any atom is -0.362 e. The van der Waals surface area contributed by atoms with Crippen molar-refractivity contribution < 1.29 is 5.11 Å². The first-order valence-electron chi connectivity index (χ1n) is 6.32. The molecule has 108 valence electrons. The van der Waals surface area contributed by atoms with Crippen LogP contribution in [0.25, 0.3) is 0 Å². The van der Waals surface area contributed by atoms with Crippen molar-refractivity contribution in [2.75, 3.05) is 0 Å². The first kappa shape index (κ1) is 14.4. The lowest BCUT2D eigenvalue weighted by Gasteiger charge is -2.41. The Balaban J connectivity index is 2.34. The zero-order valence-corrected chi connectivity index (χ0v) is 12.7. The largest absolute Gasteiger partial charge is 0.362 e. The number of benzene rings is 2. The van der Waals surface area contributed by atoms with Crippen LogP contribution in [0.5, 0.6) is 0 Å². The van der Waals surface area contributed by atoms with Crippen LogP contribution in [0.4, 0.5) is 5.69 Å². The predicted molar refractivity (Wildman–Crippen MR) is 84.7 cm³/mol. The van der Waals surface area contributed by atoms with Crippen molar-refractivity contribution in [3.05, 3.63) is 63.6 Å². The van der Waals surface area contributed by atoms with Crippen LogP contribution in [0.2, 0.25) is 10.0 Å². The third kappa shape index (κ3) is 2.12. The van der Waals surface area contributed by atoms with Crippen molar-refractivity contribution in [1.29, 1.82) is 0 Å². The second-order valence-corrected chi connectivity index (χ2v) is 5.69. The maximum atomic E-state index is 11.3. The zero-order chi connectivity index (χ0) is 15.2. The number of hydrogen-bond acceptors (Lipinski definition) is 4. The lowest BCUT2D eigenvalue weighted by molar-refractivity contribution is -0.0410. The van der Waals surface area contributed by atoms with Crippen molar-refractivity contribution in [1.82, 2.24) is 5.01 Å². The van der Waals surface area contributed by atoms with Gasteiger partial charge in [-0.15, -0.1) is 0 Å². The molecule has 1 unspecified atom stereocenters. The number of rotatable bonds is 1. The van der Waals surface area contributed by atoms with Gasteiger partial charge in [-0.1, -0.05) is 41.4 Å². The highest BCUT2D eigenvalue weighted by atomic mass is 35.5. The highest BCUT2D eigenvalue weighted by molar-refractivity contribution is 6.31. The third-order valence-corrected chi connectivity index (χ3v) is 4.13. The summed E-state index contributed by atoms with van der Waals surface area (Å²) in [6.07, 6.45) is 0. The molecule has 0 spiro atoms. The van der Waals surface area contributed by atoms with Crippen LogP contribution in [0.3, 0.4) is 0 Å². The zero-order valence-electron chi connectivity index (χ0n) is 11.2. The van der Waals surface area contributed by atoms with E-state index in [2.05, 4.69) is 4.99 Å². The number of aliphatic hydroxyl groups is 1. The molecule has 3 N–H and O–H groups in total. The second-order valence-electron chi connectivity index (χ2n) is 4.84. The van der Waals surface area contributed by atoms with Crippen LogP contribution in [-0.2, 0) is 5.72 Å². The Bertz CT molecular complexity index is 747. The van der Waals surface area contributed by atoms with Crippen LogP contribution < -0.4 is 5.84 Å². The monoisotopic (exact) mass is 321 g/mol. The maximum Gasteiger partial charge on any atom is 0.209 e. The number of amidine groups is 1. The molecular weight excluding hydrogens is 309 g/mol. The van der Waals surface area contributed by atoms with Gasteiger partial charge in [-0.25, -0.2) is 10.8 Å². The summed E-state index contributed by atoms with van der Waals surface area (Å²) < 4.78 is 0. The van der Waals surface area contributed by atoms with Gasteiger partial charge in [0.05, 0.1) is 5.69 Å². The fourth-order valence-corrected chi connectivity index (χ4v) is 2.94. The van der Waals surface area contributed by atoms with E-state index in [4.69, 9.17) is 29.0 Å². The summed E-state index contributed by atoms with van der Waals surface area (Å²) in [6.45, 7) is 1.72. The summed E-state index contributed by atoms with van der Waals surface area (Å²) >= 11 is 12.3. The van der Waals surface area contributed by atoms with Gasteiger partial charge in [-0.2, -0.15) is 0 Å². The standard InChI is InChI=1S/C15H13Cl2N3O/c1-9-19-14-7-6-10(16)8-12(14)15(21,20(9)18)11-4-2-3-5-13(11)17/h2-8,21H,18H2,1H3. The summed E-state index contributed by atoms with van der Waals surface area (Å²) in [5.41, 5.74) is -0.0334. The molecule has 0 saturated carbocycles. The quantitative estimate of drug-likeness (QED) is 0.791. The molecule has 1 aliphatic rings.